The molecule has 0 unspecified atom stereocenters. The van der Waals surface area contributed by atoms with E-state index in [1.54, 1.807) is 30.7 Å². The van der Waals surface area contributed by atoms with Gasteiger partial charge >= 0.3 is 0 Å². The number of benzene rings is 3. The molecule has 3 aromatic carbocycles. The van der Waals surface area contributed by atoms with Gasteiger partial charge in [-0.1, -0.05) is 25.1 Å². The standard InChI is InChI=1S/C33H27FN2O3/c1-3-27(37)31-26-16-22(8-11-29(26)39-32(31)21-6-9-24(34)10-7-21)25-17-23(5-4-20(25)2)28(38)18-33(12-13-33)30-19-35-14-15-36-30/h4-11,14-17,19H,3,12-13,18H2,1-2H3. The number of hydrogen-bond donors (Lipinski definition) is 0. The van der Waals surface area contributed by atoms with Gasteiger partial charge in [-0.2, -0.15) is 0 Å². The lowest BCUT2D eigenvalue weighted by Gasteiger charge is -2.14. The van der Waals surface area contributed by atoms with E-state index in [0.29, 0.717) is 46.3 Å². The quantitative estimate of drug-likeness (QED) is 0.195. The van der Waals surface area contributed by atoms with Crippen molar-refractivity contribution in [3.63, 3.8) is 0 Å². The van der Waals surface area contributed by atoms with Gasteiger partial charge in [0.1, 0.15) is 17.2 Å². The highest BCUT2D eigenvalue weighted by molar-refractivity contribution is 6.12. The Kier molecular flexibility index (Phi) is 6.18. The minimum absolute atomic E-state index is 0.0513. The Labute approximate surface area is 225 Å². The number of rotatable bonds is 8. The smallest absolute Gasteiger partial charge is 0.167 e. The average Bonchev–Trinajstić information content (AvgIpc) is 3.65. The molecule has 0 saturated heterocycles. The largest absolute Gasteiger partial charge is 0.455 e. The van der Waals surface area contributed by atoms with E-state index in [0.717, 1.165) is 35.2 Å². The third-order valence-corrected chi connectivity index (χ3v) is 7.72. The lowest BCUT2D eigenvalue weighted by Crippen LogP contribution is -2.15. The van der Waals surface area contributed by atoms with Crippen LogP contribution in [0.3, 0.4) is 0 Å². The molecule has 5 aromatic rings. The third-order valence-electron chi connectivity index (χ3n) is 7.72. The van der Waals surface area contributed by atoms with Gasteiger partial charge < -0.3 is 4.42 Å². The Hall–Kier alpha value is -4.45. The van der Waals surface area contributed by atoms with Crippen LogP contribution in [-0.2, 0) is 5.41 Å². The van der Waals surface area contributed by atoms with E-state index in [-0.39, 0.29) is 22.8 Å². The summed E-state index contributed by atoms with van der Waals surface area (Å²) in [5.41, 5.74) is 5.85. The summed E-state index contributed by atoms with van der Waals surface area (Å²) in [6.45, 7) is 3.82. The highest BCUT2D eigenvalue weighted by atomic mass is 19.1. The molecule has 0 bridgehead atoms. The molecule has 1 saturated carbocycles. The number of furan rings is 1. The Morgan fingerprint density at radius 2 is 1.72 bits per heavy atom. The van der Waals surface area contributed by atoms with Crippen molar-refractivity contribution in [2.45, 2.75) is 44.9 Å². The maximum Gasteiger partial charge on any atom is 0.167 e. The maximum atomic E-state index is 13.6. The molecule has 0 spiro atoms. The van der Waals surface area contributed by atoms with Gasteiger partial charge in [0.05, 0.1) is 11.3 Å². The predicted octanol–water partition coefficient (Wildman–Crippen LogP) is 7.90. The van der Waals surface area contributed by atoms with Crippen LogP contribution in [0.15, 0.2) is 83.7 Å². The van der Waals surface area contributed by atoms with Crippen LogP contribution in [0.1, 0.15) is 64.6 Å². The third kappa shape index (κ3) is 4.56. The molecule has 39 heavy (non-hydrogen) atoms. The molecular weight excluding hydrogens is 491 g/mol. The molecular formula is C33H27FN2O3. The van der Waals surface area contributed by atoms with E-state index < -0.39 is 0 Å². The zero-order chi connectivity index (χ0) is 27.1. The van der Waals surface area contributed by atoms with Gasteiger partial charge in [0.15, 0.2) is 11.6 Å². The van der Waals surface area contributed by atoms with Crippen LogP contribution in [0.25, 0.3) is 33.4 Å². The Balaban J connectivity index is 1.39. The van der Waals surface area contributed by atoms with Gasteiger partial charge in [0, 0.05) is 53.4 Å². The van der Waals surface area contributed by atoms with E-state index >= 15 is 0 Å². The molecule has 1 aliphatic carbocycles. The summed E-state index contributed by atoms with van der Waals surface area (Å²) in [5.74, 6) is 0.108. The second-order valence-electron chi connectivity index (χ2n) is 10.3. The van der Waals surface area contributed by atoms with E-state index in [9.17, 15) is 14.0 Å². The summed E-state index contributed by atoms with van der Waals surface area (Å²) < 4.78 is 19.7. The molecule has 0 amide bonds. The van der Waals surface area contributed by atoms with Gasteiger partial charge in [0.25, 0.3) is 0 Å². The van der Waals surface area contributed by atoms with E-state index in [1.807, 2.05) is 50.2 Å². The Morgan fingerprint density at radius 1 is 0.949 bits per heavy atom. The Morgan fingerprint density at radius 3 is 2.41 bits per heavy atom. The number of aromatic nitrogens is 2. The van der Waals surface area contributed by atoms with Crippen LogP contribution < -0.4 is 0 Å². The summed E-state index contributed by atoms with van der Waals surface area (Å²) in [4.78, 5) is 35.1. The molecule has 0 aliphatic heterocycles. The number of halogens is 1. The SMILES string of the molecule is CCC(=O)c1c(-c2ccc(F)cc2)oc2ccc(-c3cc(C(=O)CC4(c5cnccn5)CC4)ccc3C)cc12. The van der Waals surface area contributed by atoms with Crippen molar-refractivity contribution in [2.75, 3.05) is 0 Å². The van der Waals surface area contributed by atoms with Crippen LogP contribution in [0.2, 0.25) is 0 Å². The van der Waals surface area contributed by atoms with Gasteiger partial charge in [-0.05, 0) is 78.9 Å². The monoisotopic (exact) mass is 518 g/mol. The number of carbonyl (C=O) groups excluding carboxylic acids is 2. The zero-order valence-corrected chi connectivity index (χ0v) is 21.8. The molecule has 194 valence electrons. The molecule has 0 atom stereocenters. The van der Waals surface area contributed by atoms with Crippen molar-refractivity contribution in [3.8, 4) is 22.5 Å². The molecule has 5 nitrogen and oxygen atoms in total. The van der Waals surface area contributed by atoms with Crippen molar-refractivity contribution in [2.24, 2.45) is 0 Å². The van der Waals surface area contributed by atoms with Crippen molar-refractivity contribution in [3.05, 3.63) is 107 Å². The summed E-state index contributed by atoms with van der Waals surface area (Å²) in [6, 6.07) is 17.5. The molecule has 1 aliphatic rings. The van der Waals surface area contributed by atoms with Crippen molar-refractivity contribution in [1.29, 1.82) is 0 Å². The minimum Gasteiger partial charge on any atom is -0.455 e. The van der Waals surface area contributed by atoms with Crippen molar-refractivity contribution in [1.82, 2.24) is 9.97 Å². The minimum atomic E-state index is -0.352. The lowest BCUT2D eigenvalue weighted by molar-refractivity contribution is 0.0966. The number of fused-ring (bicyclic) bond motifs is 1. The number of aryl methyl sites for hydroxylation is 1. The predicted molar refractivity (Wildman–Crippen MR) is 148 cm³/mol. The van der Waals surface area contributed by atoms with E-state index in [4.69, 9.17) is 4.42 Å². The summed E-state index contributed by atoms with van der Waals surface area (Å²) in [6.07, 6.45) is 7.64. The number of carbonyl (C=O) groups is 2. The molecule has 2 aromatic heterocycles. The molecule has 0 radical (unpaired) electrons. The second-order valence-corrected chi connectivity index (χ2v) is 10.3. The van der Waals surface area contributed by atoms with E-state index in [2.05, 4.69) is 9.97 Å². The number of ketones is 2. The van der Waals surface area contributed by atoms with Crippen LogP contribution in [0.4, 0.5) is 4.39 Å². The second kappa shape index (κ2) is 9.70. The average molecular weight is 519 g/mol. The molecule has 6 heteroatoms. The van der Waals surface area contributed by atoms with Crippen molar-refractivity contribution < 1.29 is 18.4 Å². The first-order valence-electron chi connectivity index (χ1n) is 13.1. The van der Waals surface area contributed by atoms with E-state index in [1.165, 1.54) is 12.1 Å². The van der Waals surface area contributed by atoms with Crippen LogP contribution in [-0.4, -0.2) is 21.5 Å². The van der Waals surface area contributed by atoms with Gasteiger partial charge in [-0.15, -0.1) is 0 Å². The van der Waals surface area contributed by atoms with Gasteiger partial charge in [-0.25, -0.2) is 4.39 Å². The normalized spacial score (nSPS) is 13.9. The molecule has 2 heterocycles. The highest BCUT2D eigenvalue weighted by Gasteiger charge is 2.47. The van der Waals surface area contributed by atoms with Crippen molar-refractivity contribution >= 4 is 22.5 Å². The summed E-state index contributed by atoms with van der Waals surface area (Å²) in [5, 5.41) is 0.703. The van der Waals surface area contributed by atoms with Crippen LogP contribution in [0, 0.1) is 12.7 Å². The van der Waals surface area contributed by atoms with Crippen LogP contribution >= 0.6 is 0 Å². The topological polar surface area (TPSA) is 73.1 Å². The lowest BCUT2D eigenvalue weighted by atomic mass is 9.90. The molecule has 1 fully saturated rings. The first-order chi connectivity index (χ1) is 18.9. The fourth-order valence-corrected chi connectivity index (χ4v) is 5.29. The maximum absolute atomic E-state index is 13.6. The van der Waals surface area contributed by atoms with Gasteiger partial charge in [-0.3, -0.25) is 19.6 Å². The summed E-state index contributed by atoms with van der Waals surface area (Å²) in [7, 11) is 0. The number of nitrogens with zero attached hydrogens (tertiary/aromatic N) is 2. The zero-order valence-electron chi connectivity index (χ0n) is 21.8. The fourth-order valence-electron chi connectivity index (χ4n) is 5.29. The fraction of sp³-hybridized carbons (Fsp3) is 0.212. The summed E-state index contributed by atoms with van der Waals surface area (Å²) >= 11 is 0. The number of hydrogen-bond acceptors (Lipinski definition) is 5. The first kappa shape index (κ1) is 24.9. The molecule has 6 rings (SSSR count). The first-order valence-corrected chi connectivity index (χ1v) is 13.1. The Bertz CT molecular complexity index is 1720. The van der Waals surface area contributed by atoms with Gasteiger partial charge in [0.2, 0.25) is 0 Å². The highest BCUT2D eigenvalue weighted by Crippen LogP contribution is 2.50. The van der Waals surface area contributed by atoms with Crippen LogP contribution in [0.5, 0.6) is 0 Å². The molecule has 0 N–H and O–H groups in total. The number of Topliss-reactive ketones (excluding diaryl/α,β-unsaturated/α-hetero) is 2.